The highest BCUT2D eigenvalue weighted by Gasteiger charge is 2.23. The first-order chi connectivity index (χ1) is 8.27. The lowest BCUT2D eigenvalue weighted by molar-refractivity contribution is 0.0699. The van der Waals surface area contributed by atoms with Crippen LogP contribution in [0.2, 0.25) is 0 Å². The summed E-state index contributed by atoms with van der Waals surface area (Å²) in [5, 5.41) is 17.3. The highest BCUT2D eigenvalue weighted by molar-refractivity contribution is 6.03. The fourth-order valence-corrected chi connectivity index (χ4v) is 2.78. The van der Waals surface area contributed by atoms with Crippen molar-refractivity contribution in [3.63, 3.8) is 0 Å². The van der Waals surface area contributed by atoms with Crippen LogP contribution in [-0.2, 0) is 0 Å². The zero-order valence-corrected chi connectivity index (χ0v) is 9.44. The van der Waals surface area contributed by atoms with Crippen molar-refractivity contribution in [3.8, 4) is 0 Å². The number of fused-ring (bicyclic) bond motifs is 1. The lowest BCUT2D eigenvalue weighted by Crippen LogP contribution is -2.00. The van der Waals surface area contributed by atoms with E-state index in [-0.39, 0.29) is 0 Å². The summed E-state index contributed by atoms with van der Waals surface area (Å²) in [5.74, 6) is -0.434. The third kappa shape index (κ3) is 1.60. The summed E-state index contributed by atoms with van der Waals surface area (Å²) in [7, 11) is 0. The highest BCUT2D eigenvalue weighted by Crippen LogP contribution is 2.37. The minimum atomic E-state index is -0.878. The molecule has 0 radical (unpaired) electrons. The van der Waals surface area contributed by atoms with Crippen LogP contribution in [-0.4, -0.2) is 21.3 Å². The summed E-state index contributed by atoms with van der Waals surface area (Å²) in [5.41, 5.74) is 2.13. The minimum Gasteiger partial charge on any atom is -0.478 e. The minimum absolute atomic E-state index is 0.359. The van der Waals surface area contributed by atoms with Crippen LogP contribution in [0.1, 0.15) is 47.7 Å². The van der Waals surface area contributed by atoms with Gasteiger partial charge in [-0.3, -0.25) is 5.10 Å². The number of benzene rings is 1. The zero-order valence-electron chi connectivity index (χ0n) is 9.44. The van der Waals surface area contributed by atoms with Crippen molar-refractivity contribution in [1.82, 2.24) is 10.2 Å². The average Bonchev–Trinajstić information content (AvgIpc) is 2.96. The molecule has 2 N–H and O–H groups in total. The molecule has 0 bridgehead atoms. The van der Waals surface area contributed by atoms with Crippen molar-refractivity contribution in [2.24, 2.45) is 0 Å². The molecule has 2 aromatic rings. The number of nitrogens with one attached hydrogen (secondary N) is 1. The molecular weight excluding hydrogens is 216 g/mol. The fraction of sp³-hybridized carbons (Fsp3) is 0.385. The smallest absolute Gasteiger partial charge is 0.336 e. The Bertz CT molecular complexity index is 568. The fourth-order valence-electron chi connectivity index (χ4n) is 2.78. The Kier molecular flexibility index (Phi) is 2.35. The predicted octanol–water partition coefficient (Wildman–Crippen LogP) is 2.92. The van der Waals surface area contributed by atoms with E-state index in [0.29, 0.717) is 11.5 Å². The monoisotopic (exact) mass is 230 g/mol. The Morgan fingerprint density at radius 2 is 2.12 bits per heavy atom. The molecule has 0 aliphatic heterocycles. The van der Waals surface area contributed by atoms with Crippen LogP contribution in [0.25, 0.3) is 10.9 Å². The number of carboxylic acid groups (broad SMARTS) is 1. The summed E-state index contributed by atoms with van der Waals surface area (Å²) >= 11 is 0. The first-order valence-electron chi connectivity index (χ1n) is 5.97. The molecule has 17 heavy (non-hydrogen) atoms. The van der Waals surface area contributed by atoms with Gasteiger partial charge < -0.3 is 5.11 Å². The topological polar surface area (TPSA) is 66.0 Å². The van der Waals surface area contributed by atoms with Crippen molar-refractivity contribution in [3.05, 3.63) is 29.5 Å². The molecule has 1 aromatic carbocycles. The van der Waals surface area contributed by atoms with E-state index >= 15 is 0 Å². The van der Waals surface area contributed by atoms with Crippen molar-refractivity contribution in [2.75, 3.05) is 0 Å². The summed E-state index contributed by atoms with van der Waals surface area (Å²) < 4.78 is 0. The van der Waals surface area contributed by atoms with E-state index in [4.69, 9.17) is 0 Å². The molecule has 1 heterocycles. The van der Waals surface area contributed by atoms with E-state index < -0.39 is 5.97 Å². The second-order valence-corrected chi connectivity index (χ2v) is 4.62. The quantitative estimate of drug-likeness (QED) is 0.833. The van der Waals surface area contributed by atoms with Gasteiger partial charge >= 0.3 is 5.97 Å². The molecule has 3 rings (SSSR count). The molecule has 1 aliphatic carbocycles. The third-order valence-corrected chi connectivity index (χ3v) is 3.60. The average molecular weight is 230 g/mol. The normalized spacial score (nSPS) is 16.7. The van der Waals surface area contributed by atoms with E-state index in [1.807, 2.05) is 6.07 Å². The Balaban J connectivity index is 2.21. The Labute approximate surface area is 98.6 Å². The van der Waals surface area contributed by atoms with Crippen molar-refractivity contribution in [2.45, 2.75) is 31.6 Å². The summed E-state index contributed by atoms with van der Waals surface area (Å²) in [6.07, 6.45) is 4.71. The number of carboxylic acids is 1. The molecule has 0 amide bonds. The van der Waals surface area contributed by atoms with Crippen LogP contribution in [0, 0.1) is 0 Å². The number of hydrogen-bond donors (Lipinski definition) is 2. The maximum Gasteiger partial charge on any atom is 0.336 e. The predicted molar refractivity (Wildman–Crippen MR) is 64.3 cm³/mol. The molecule has 0 saturated heterocycles. The maximum atomic E-state index is 11.2. The Morgan fingerprint density at radius 3 is 2.82 bits per heavy atom. The molecule has 1 aliphatic rings. The Hall–Kier alpha value is -1.84. The Morgan fingerprint density at radius 1 is 1.35 bits per heavy atom. The molecule has 0 spiro atoms. The number of nitrogens with zero attached hydrogens (tertiary/aromatic N) is 1. The van der Waals surface area contributed by atoms with Gasteiger partial charge in [0.2, 0.25) is 0 Å². The van der Waals surface area contributed by atoms with Gasteiger partial charge in [-0.2, -0.15) is 5.10 Å². The summed E-state index contributed by atoms with van der Waals surface area (Å²) in [6.45, 7) is 0. The van der Waals surface area contributed by atoms with Crippen LogP contribution in [0.5, 0.6) is 0 Å². The second kappa shape index (κ2) is 3.87. The van der Waals surface area contributed by atoms with Crippen LogP contribution in [0.3, 0.4) is 0 Å². The molecule has 1 fully saturated rings. The van der Waals surface area contributed by atoms with Gasteiger partial charge in [0.15, 0.2) is 0 Å². The van der Waals surface area contributed by atoms with E-state index in [9.17, 15) is 9.90 Å². The highest BCUT2D eigenvalue weighted by atomic mass is 16.4. The van der Waals surface area contributed by atoms with E-state index in [0.717, 1.165) is 29.4 Å². The number of aromatic carboxylic acids is 1. The summed E-state index contributed by atoms with van der Waals surface area (Å²) in [4.78, 5) is 11.2. The molecule has 1 saturated carbocycles. The van der Waals surface area contributed by atoms with Crippen LogP contribution in [0.4, 0.5) is 0 Å². The van der Waals surface area contributed by atoms with Crippen molar-refractivity contribution in [1.29, 1.82) is 0 Å². The molecule has 4 nitrogen and oxygen atoms in total. The van der Waals surface area contributed by atoms with Crippen LogP contribution >= 0.6 is 0 Å². The number of hydrogen-bond acceptors (Lipinski definition) is 2. The van der Waals surface area contributed by atoms with Gasteiger partial charge in [0.05, 0.1) is 11.1 Å². The van der Waals surface area contributed by atoms with Gasteiger partial charge in [0.25, 0.3) is 0 Å². The first-order valence-corrected chi connectivity index (χ1v) is 5.97. The lowest BCUT2D eigenvalue weighted by atomic mass is 9.97. The third-order valence-electron chi connectivity index (χ3n) is 3.60. The zero-order chi connectivity index (χ0) is 11.8. The van der Waals surface area contributed by atoms with Gasteiger partial charge in [-0.15, -0.1) is 0 Å². The standard InChI is InChI=1S/C13H14N2O2/c16-13(17)9-6-3-7-10-11(9)12(15-14-10)8-4-1-2-5-8/h3,6-8H,1-2,4-5H2,(H,14,15)(H,16,17). The first kappa shape index (κ1) is 10.3. The molecule has 0 unspecified atom stereocenters. The van der Waals surface area contributed by atoms with E-state index in [2.05, 4.69) is 10.2 Å². The number of rotatable bonds is 2. The van der Waals surface area contributed by atoms with Crippen LogP contribution in [0.15, 0.2) is 18.2 Å². The molecule has 4 heteroatoms. The number of aromatic amines is 1. The van der Waals surface area contributed by atoms with Gasteiger partial charge in [-0.25, -0.2) is 4.79 Å². The van der Waals surface area contributed by atoms with E-state index in [1.165, 1.54) is 12.8 Å². The second-order valence-electron chi connectivity index (χ2n) is 4.62. The molecule has 1 aromatic heterocycles. The van der Waals surface area contributed by atoms with Crippen molar-refractivity contribution < 1.29 is 9.90 Å². The largest absolute Gasteiger partial charge is 0.478 e. The molecular formula is C13H14N2O2. The summed E-state index contributed by atoms with van der Waals surface area (Å²) in [6, 6.07) is 5.25. The molecule has 0 atom stereocenters. The molecule has 88 valence electrons. The van der Waals surface area contributed by atoms with Crippen molar-refractivity contribution >= 4 is 16.9 Å². The van der Waals surface area contributed by atoms with Gasteiger partial charge in [-0.1, -0.05) is 18.9 Å². The van der Waals surface area contributed by atoms with Gasteiger partial charge in [0, 0.05) is 17.0 Å². The maximum absolute atomic E-state index is 11.2. The SMILES string of the molecule is O=C(O)c1cccc2n[nH]c(C3CCCC3)c12. The van der Waals surface area contributed by atoms with Gasteiger partial charge in [-0.05, 0) is 25.0 Å². The number of aromatic nitrogens is 2. The van der Waals surface area contributed by atoms with Gasteiger partial charge in [0.1, 0.15) is 0 Å². The number of H-pyrrole nitrogens is 1. The van der Waals surface area contributed by atoms with E-state index in [1.54, 1.807) is 12.1 Å². The van der Waals surface area contributed by atoms with Crippen LogP contribution < -0.4 is 0 Å². The lowest BCUT2D eigenvalue weighted by Gasteiger charge is -2.07. The number of carbonyl (C=O) groups is 1.